The SMILES string of the molecule is C/C=C(\C=C(/CC)CCC(=O)O)NCC(=O)c1ccc(-c2cc(F)cc(F)c2)o1. The lowest BCUT2D eigenvalue weighted by atomic mass is 10.1. The van der Waals surface area contributed by atoms with Crippen molar-refractivity contribution in [3.05, 3.63) is 71.1 Å². The van der Waals surface area contributed by atoms with E-state index in [1.54, 1.807) is 13.0 Å². The summed E-state index contributed by atoms with van der Waals surface area (Å²) in [6.07, 6.45) is 4.80. The van der Waals surface area contributed by atoms with Crippen molar-refractivity contribution in [3.63, 3.8) is 0 Å². The molecule has 154 valence electrons. The van der Waals surface area contributed by atoms with Gasteiger partial charge < -0.3 is 14.8 Å². The number of hydrogen-bond acceptors (Lipinski definition) is 4. The average Bonchev–Trinajstić information content (AvgIpc) is 3.17. The molecule has 0 saturated heterocycles. The smallest absolute Gasteiger partial charge is 0.303 e. The van der Waals surface area contributed by atoms with Crippen molar-refractivity contribution in [1.82, 2.24) is 5.32 Å². The van der Waals surface area contributed by atoms with Gasteiger partial charge in [0.05, 0.1) is 6.54 Å². The minimum absolute atomic E-state index is 0.0451. The zero-order valence-electron chi connectivity index (χ0n) is 16.3. The van der Waals surface area contributed by atoms with Gasteiger partial charge in [-0.05, 0) is 50.1 Å². The lowest BCUT2D eigenvalue weighted by molar-refractivity contribution is -0.136. The van der Waals surface area contributed by atoms with Crippen LogP contribution >= 0.6 is 0 Å². The van der Waals surface area contributed by atoms with Gasteiger partial charge in [0.15, 0.2) is 5.76 Å². The molecule has 2 N–H and O–H groups in total. The zero-order chi connectivity index (χ0) is 21.4. The third-order valence-corrected chi connectivity index (χ3v) is 4.27. The molecule has 0 aliphatic rings. The number of nitrogens with one attached hydrogen (secondary N) is 1. The highest BCUT2D eigenvalue weighted by Crippen LogP contribution is 2.24. The van der Waals surface area contributed by atoms with Crippen LogP contribution in [0.2, 0.25) is 0 Å². The molecule has 2 aromatic rings. The molecule has 0 spiro atoms. The molecule has 1 aromatic carbocycles. The first kappa shape index (κ1) is 22.1. The number of carbonyl (C=O) groups is 2. The monoisotopic (exact) mass is 403 g/mol. The van der Waals surface area contributed by atoms with E-state index in [-0.39, 0.29) is 35.8 Å². The van der Waals surface area contributed by atoms with Crippen molar-refractivity contribution in [2.45, 2.75) is 33.1 Å². The number of Topliss-reactive ketones (excluding diaryl/α,β-unsaturated/α-hetero) is 1. The van der Waals surface area contributed by atoms with Gasteiger partial charge in [0.25, 0.3) is 0 Å². The largest absolute Gasteiger partial charge is 0.481 e. The molecule has 0 amide bonds. The molecule has 0 fully saturated rings. The summed E-state index contributed by atoms with van der Waals surface area (Å²) < 4.78 is 32.2. The second-order valence-electron chi connectivity index (χ2n) is 6.39. The van der Waals surface area contributed by atoms with Crippen molar-refractivity contribution < 1.29 is 27.9 Å². The van der Waals surface area contributed by atoms with Gasteiger partial charge in [0, 0.05) is 23.7 Å². The van der Waals surface area contributed by atoms with E-state index in [2.05, 4.69) is 5.32 Å². The van der Waals surface area contributed by atoms with E-state index in [1.807, 2.05) is 13.0 Å². The first-order chi connectivity index (χ1) is 13.8. The van der Waals surface area contributed by atoms with Crippen LogP contribution in [0, 0.1) is 11.6 Å². The van der Waals surface area contributed by atoms with E-state index >= 15 is 0 Å². The van der Waals surface area contributed by atoms with Crippen LogP contribution in [0.1, 0.15) is 43.7 Å². The molecule has 1 heterocycles. The molecule has 29 heavy (non-hydrogen) atoms. The highest BCUT2D eigenvalue weighted by Gasteiger charge is 2.14. The summed E-state index contributed by atoms with van der Waals surface area (Å²) in [6, 6.07) is 5.95. The fraction of sp³-hybridized carbons (Fsp3) is 0.273. The van der Waals surface area contributed by atoms with E-state index in [0.29, 0.717) is 18.5 Å². The van der Waals surface area contributed by atoms with Crippen molar-refractivity contribution in [3.8, 4) is 11.3 Å². The van der Waals surface area contributed by atoms with Crippen molar-refractivity contribution in [2.75, 3.05) is 6.54 Å². The molecule has 0 bridgehead atoms. The summed E-state index contributed by atoms with van der Waals surface area (Å²) in [5.74, 6) is -2.39. The molecule has 1 aromatic heterocycles. The maximum atomic E-state index is 13.4. The number of benzene rings is 1. The highest BCUT2D eigenvalue weighted by molar-refractivity contribution is 5.95. The normalized spacial score (nSPS) is 12.1. The Morgan fingerprint density at radius 2 is 1.83 bits per heavy atom. The third-order valence-electron chi connectivity index (χ3n) is 4.27. The molecule has 2 rings (SSSR count). The van der Waals surface area contributed by atoms with E-state index in [0.717, 1.165) is 23.8 Å². The van der Waals surface area contributed by atoms with Crippen LogP contribution in [0.15, 0.2) is 58.2 Å². The van der Waals surface area contributed by atoms with Crippen LogP contribution in [-0.2, 0) is 4.79 Å². The number of allylic oxidation sites excluding steroid dienone is 3. The topological polar surface area (TPSA) is 79.5 Å². The Hall–Kier alpha value is -3.22. The van der Waals surface area contributed by atoms with Crippen LogP contribution in [0.4, 0.5) is 8.78 Å². The molecular weight excluding hydrogens is 380 g/mol. The fourth-order valence-corrected chi connectivity index (χ4v) is 2.68. The van der Waals surface area contributed by atoms with E-state index in [9.17, 15) is 18.4 Å². The van der Waals surface area contributed by atoms with E-state index < -0.39 is 17.6 Å². The van der Waals surface area contributed by atoms with Crippen LogP contribution in [0.25, 0.3) is 11.3 Å². The first-order valence-corrected chi connectivity index (χ1v) is 9.23. The number of halogens is 2. The van der Waals surface area contributed by atoms with Gasteiger partial charge in [-0.1, -0.05) is 18.6 Å². The molecule has 7 heteroatoms. The van der Waals surface area contributed by atoms with Gasteiger partial charge in [-0.15, -0.1) is 0 Å². The summed E-state index contributed by atoms with van der Waals surface area (Å²) in [5, 5.41) is 11.8. The van der Waals surface area contributed by atoms with Gasteiger partial charge in [-0.2, -0.15) is 0 Å². The number of rotatable bonds is 10. The lowest BCUT2D eigenvalue weighted by Crippen LogP contribution is -2.21. The van der Waals surface area contributed by atoms with Crippen molar-refractivity contribution >= 4 is 11.8 Å². The quantitative estimate of drug-likeness (QED) is 0.426. The number of furan rings is 1. The standard InChI is InChI=1S/C22H23F2NO4/c1-3-14(5-8-22(27)28)9-18(4-2)25-13-19(26)21-7-6-20(29-21)15-10-16(23)12-17(24)11-15/h4,6-7,9-12,25H,3,5,8,13H2,1-2H3,(H,27,28)/b14-9+,18-4+. The van der Waals surface area contributed by atoms with Gasteiger partial charge >= 0.3 is 5.97 Å². The Morgan fingerprint density at radius 3 is 2.41 bits per heavy atom. The minimum atomic E-state index is -0.860. The Kier molecular flexibility index (Phi) is 7.88. The molecule has 0 unspecified atom stereocenters. The molecule has 0 atom stereocenters. The number of carbonyl (C=O) groups excluding carboxylic acids is 1. The molecule has 0 aliphatic carbocycles. The lowest BCUT2D eigenvalue weighted by Gasteiger charge is -2.09. The first-order valence-electron chi connectivity index (χ1n) is 9.23. The molecule has 0 radical (unpaired) electrons. The Balaban J connectivity index is 2.03. The predicted octanol–water partition coefficient (Wildman–Crippen LogP) is 5.10. The summed E-state index contributed by atoms with van der Waals surface area (Å²) >= 11 is 0. The third kappa shape index (κ3) is 6.71. The Bertz CT molecular complexity index is 924. The zero-order valence-corrected chi connectivity index (χ0v) is 16.3. The number of carboxylic acids is 1. The maximum absolute atomic E-state index is 13.4. The second kappa shape index (κ2) is 10.4. The highest BCUT2D eigenvalue weighted by atomic mass is 19.1. The van der Waals surface area contributed by atoms with E-state index in [1.165, 1.54) is 12.1 Å². The fourth-order valence-electron chi connectivity index (χ4n) is 2.68. The summed E-state index contributed by atoms with van der Waals surface area (Å²) in [6.45, 7) is 3.69. The number of aliphatic carboxylic acids is 1. The van der Waals surface area contributed by atoms with Crippen molar-refractivity contribution in [1.29, 1.82) is 0 Å². The van der Waals surface area contributed by atoms with Gasteiger partial charge in [0.1, 0.15) is 17.4 Å². The summed E-state index contributed by atoms with van der Waals surface area (Å²) in [5.41, 5.74) is 1.85. The predicted molar refractivity (Wildman–Crippen MR) is 105 cm³/mol. The van der Waals surface area contributed by atoms with Gasteiger partial charge in [0.2, 0.25) is 5.78 Å². The van der Waals surface area contributed by atoms with Gasteiger partial charge in [-0.25, -0.2) is 8.78 Å². The van der Waals surface area contributed by atoms with Crippen LogP contribution in [-0.4, -0.2) is 23.4 Å². The molecule has 5 nitrogen and oxygen atoms in total. The Labute approximate surface area is 167 Å². The van der Waals surface area contributed by atoms with Crippen molar-refractivity contribution in [2.24, 2.45) is 0 Å². The van der Waals surface area contributed by atoms with Crippen LogP contribution in [0.5, 0.6) is 0 Å². The summed E-state index contributed by atoms with van der Waals surface area (Å²) in [7, 11) is 0. The number of hydrogen-bond donors (Lipinski definition) is 2. The minimum Gasteiger partial charge on any atom is -0.481 e. The van der Waals surface area contributed by atoms with Crippen LogP contribution in [0.3, 0.4) is 0 Å². The summed E-state index contributed by atoms with van der Waals surface area (Å²) in [4.78, 5) is 23.1. The van der Waals surface area contributed by atoms with Gasteiger partial charge in [-0.3, -0.25) is 9.59 Å². The van der Waals surface area contributed by atoms with Crippen LogP contribution < -0.4 is 5.32 Å². The Morgan fingerprint density at radius 1 is 1.14 bits per heavy atom. The molecule has 0 aliphatic heterocycles. The maximum Gasteiger partial charge on any atom is 0.303 e. The number of ketones is 1. The van der Waals surface area contributed by atoms with E-state index in [4.69, 9.17) is 9.52 Å². The number of carboxylic acid groups (broad SMARTS) is 1. The second-order valence-corrected chi connectivity index (χ2v) is 6.39. The average molecular weight is 403 g/mol. The molecule has 0 saturated carbocycles. The molecular formula is C22H23F2NO4.